The van der Waals surface area contributed by atoms with Gasteiger partial charge in [-0.1, -0.05) is 20.3 Å². The van der Waals surface area contributed by atoms with Gasteiger partial charge in [0, 0.05) is 18.3 Å². The Bertz CT molecular complexity index is 585. The molecule has 25 heavy (non-hydrogen) atoms. The third-order valence-corrected chi connectivity index (χ3v) is 8.00. The maximum Gasteiger partial charge on any atom is 0.307 e. The van der Waals surface area contributed by atoms with Gasteiger partial charge in [-0.25, -0.2) is 0 Å². The lowest BCUT2D eigenvalue weighted by molar-refractivity contribution is -0.167. The first kappa shape index (κ1) is 18.4. The molecule has 3 aliphatic carbocycles. The number of hydrogen-bond acceptors (Lipinski definition) is 3. The van der Waals surface area contributed by atoms with Crippen LogP contribution in [0.1, 0.15) is 71.6 Å². The number of hydrogen-bond donors (Lipinski definition) is 2. The second-order valence-electron chi connectivity index (χ2n) is 9.02. The van der Waals surface area contributed by atoms with Gasteiger partial charge in [-0.3, -0.25) is 14.4 Å². The highest BCUT2D eigenvalue weighted by Crippen LogP contribution is 2.63. The third-order valence-electron chi connectivity index (χ3n) is 8.00. The first-order chi connectivity index (χ1) is 11.7. The number of rotatable bonds is 4. The van der Waals surface area contributed by atoms with E-state index in [-0.39, 0.29) is 29.5 Å². The zero-order valence-corrected chi connectivity index (χ0v) is 15.3. The highest BCUT2D eigenvalue weighted by atomic mass is 16.4. The molecule has 0 aromatic carbocycles. The van der Waals surface area contributed by atoms with Crippen LogP contribution in [0.4, 0.5) is 0 Å². The van der Waals surface area contributed by atoms with Crippen molar-refractivity contribution in [1.29, 1.82) is 0 Å². The number of carbonyl (C=O) groups is 3. The monoisotopic (exact) mass is 350 g/mol. The van der Waals surface area contributed by atoms with Crippen molar-refractivity contribution in [3.63, 3.8) is 0 Å². The van der Waals surface area contributed by atoms with Crippen molar-refractivity contribution < 1.29 is 24.6 Å². The van der Waals surface area contributed by atoms with Crippen molar-refractivity contribution in [2.45, 2.75) is 71.6 Å². The van der Waals surface area contributed by atoms with Gasteiger partial charge in [0.25, 0.3) is 0 Å². The molecule has 3 aliphatic rings. The van der Waals surface area contributed by atoms with E-state index in [0.717, 1.165) is 38.5 Å². The quantitative estimate of drug-likeness (QED) is 0.805. The van der Waals surface area contributed by atoms with Gasteiger partial charge in [0.2, 0.25) is 0 Å². The number of fused-ring (bicyclic) bond motifs is 3. The van der Waals surface area contributed by atoms with Crippen LogP contribution < -0.4 is 0 Å². The molecule has 0 aromatic rings. The molecule has 3 saturated carbocycles. The van der Waals surface area contributed by atoms with Crippen LogP contribution in [0, 0.1) is 34.5 Å². The molecule has 2 N–H and O–H groups in total. The Morgan fingerprint density at radius 3 is 2.44 bits per heavy atom. The van der Waals surface area contributed by atoms with Crippen LogP contribution in [0.15, 0.2) is 0 Å². The molecule has 0 radical (unpaired) electrons. The third kappa shape index (κ3) is 2.89. The van der Waals surface area contributed by atoms with Gasteiger partial charge < -0.3 is 10.2 Å². The van der Waals surface area contributed by atoms with Gasteiger partial charge in [0.1, 0.15) is 5.78 Å². The SMILES string of the molecule is CC1(CCC(=O)O)C(=O)CCC2C1CCC1(C)C(C(=O)O)CCCC21. The smallest absolute Gasteiger partial charge is 0.307 e. The number of carboxylic acid groups (broad SMARTS) is 2. The summed E-state index contributed by atoms with van der Waals surface area (Å²) in [6.07, 6.45) is 6.24. The van der Waals surface area contributed by atoms with Gasteiger partial charge in [-0.15, -0.1) is 0 Å². The van der Waals surface area contributed by atoms with E-state index in [4.69, 9.17) is 5.11 Å². The van der Waals surface area contributed by atoms with Gasteiger partial charge >= 0.3 is 11.9 Å². The first-order valence-corrected chi connectivity index (χ1v) is 9.68. The number of ketones is 1. The summed E-state index contributed by atoms with van der Waals surface area (Å²) in [6.45, 7) is 4.12. The highest BCUT2D eigenvalue weighted by molar-refractivity contribution is 5.86. The number of Topliss-reactive ketones (excluding diaryl/α,β-unsaturated/α-hetero) is 1. The van der Waals surface area contributed by atoms with Crippen LogP contribution in [-0.4, -0.2) is 27.9 Å². The molecule has 6 atom stereocenters. The summed E-state index contributed by atoms with van der Waals surface area (Å²) in [6, 6.07) is 0. The van der Waals surface area contributed by atoms with Crippen molar-refractivity contribution in [2.24, 2.45) is 34.5 Å². The van der Waals surface area contributed by atoms with Crippen LogP contribution in [0.2, 0.25) is 0 Å². The van der Waals surface area contributed by atoms with E-state index in [0.29, 0.717) is 24.7 Å². The second kappa shape index (κ2) is 6.40. The van der Waals surface area contributed by atoms with Crippen molar-refractivity contribution in [1.82, 2.24) is 0 Å². The fourth-order valence-corrected chi connectivity index (χ4v) is 6.56. The largest absolute Gasteiger partial charge is 0.481 e. The summed E-state index contributed by atoms with van der Waals surface area (Å²) in [7, 11) is 0. The number of carbonyl (C=O) groups excluding carboxylic acids is 1. The lowest BCUT2D eigenvalue weighted by Crippen LogP contribution is -2.56. The first-order valence-electron chi connectivity index (χ1n) is 9.68. The van der Waals surface area contributed by atoms with Crippen molar-refractivity contribution >= 4 is 17.7 Å². The molecule has 5 nitrogen and oxygen atoms in total. The summed E-state index contributed by atoms with van der Waals surface area (Å²) >= 11 is 0. The van der Waals surface area contributed by atoms with Crippen LogP contribution >= 0.6 is 0 Å². The molecular formula is C20H30O5. The van der Waals surface area contributed by atoms with Crippen molar-refractivity contribution in [3.8, 4) is 0 Å². The molecule has 0 saturated heterocycles. The maximum absolute atomic E-state index is 12.7. The fourth-order valence-electron chi connectivity index (χ4n) is 6.56. The summed E-state index contributed by atoms with van der Waals surface area (Å²) in [5.74, 6) is -0.680. The lowest BCUT2D eigenvalue weighted by atomic mass is 9.44. The molecule has 0 aromatic heterocycles. The van der Waals surface area contributed by atoms with E-state index in [2.05, 4.69) is 6.92 Å². The standard InChI is InChI=1S/C20H30O5/c1-19-10-8-14-12(13(19)4-3-5-15(19)18(24)25)6-7-16(21)20(14,2)11-9-17(22)23/h12-15H,3-11H2,1-2H3,(H,22,23)(H,24,25). The minimum absolute atomic E-state index is 0.0329. The lowest BCUT2D eigenvalue weighted by Gasteiger charge is -2.59. The number of aliphatic carboxylic acids is 2. The fraction of sp³-hybridized carbons (Fsp3) is 0.850. The van der Waals surface area contributed by atoms with Gasteiger partial charge in [0.15, 0.2) is 0 Å². The summed E-state index contributed by atoms with van der Waals surface area (Å²) < 4.78 is 0. The minimum atomic E-state index is -0.847. The average molecular weight is 350 g/mol. The maximum atomic E-state index is 12.7. The molecule has 140 valence electrons. The molecule has 0 spiro atoms. The molecule has 0 heterocycles. The van der Waals surface area contributed by atoms with Gasteiger partial charge in [-0.2, -0.15) is 0 Å². The van der Waals surface area contributed by atoms with E-state index in [1.807, 2.05) is 6.92 Å². The summed E-state index contributed by atoms with van der Waals surface area (Å²) in [5, 5.41) is 18.8. The Morgan fingerprint density at radius 1 is 1.08 bits per heavy atom. The Balaban J connectivity index is 1.89. The molecule has 0 amide bonds. The topological polar surface area (TPSA) is 91.7 Å². The molecule has 6 unspecified atom stereocenters. The zero-order valence-electron chi connectivity index (χ0n) is 15.3. The number of carboxylic acids is 2. The van der Waals surface area contributed by atoms with E-state index >= 15 is 0 Å². The predicted octanol–water partition coefficient (Wildman–Crippen LogP) is 3.75. The van der Waals surface area contributed by atoms with E-state index in [1.54, 1.807) is 0 Å². The van der Waals surface area contributed by atoms with E-state index < -0.39 is 17.4 Å². The minimum Gasteiger partial charge on any atom is -0.481 e. The van der Waals surface area contributed by atoms with Crippen LogP contribution in [-0.2, 0) is 14.4 Å². The normalized spacial score (nSPS) is 43.8. The van der Waals surface area contributed by atoms with Gasteiger partial charge in [0.05, 0.1) is 5.92 Å². The van der Waals surface area contributed by atoms with Crippen molar-refractivity contribution in [3.05, 3.63) is 0 Å². The molecule has 5 heteroatoms. The Labute approximate surface area is 149 Å². The van der Waals surface area contributed by atoms with E-state index in [1.165, 1.54) is 0 Å². The van der Waals surface area contributed by atoms with Crippen LogP contribution in [0.5, 0.6) is 0 Å². The van der Waals surface area contributed by atoms with Crippen LogP contribution in [0.3, 0.4) is 0 Å². The Kier molecular flexibility index (Phi) is 4.71. The Morgan fingerprint density at radius 2 is 1.80 bits per heavy atom. The summed E-state index contributed by atoms with van der Waals surface area (Å²) in [5.41, 5.74) is -0.738. The molecular weight excluding hydrogens is 320 g/mol. The Hall–Kier alpha value is -1.39. The van der Waals surface area contributed by atoms with Crippen molar-refractivity contribution in [2.75, 3.05) is 0 Å². The molecule has 3 fully saturated rings. The molecule has 0 bridgehead atoms. The molecule has 0 aliphatic heterocycles. The molecule has 3 rings (SSSR count). The average Bonchev–Trinajstić information content (AvgIpc) is 2.55. The summed E-state index contributed by atoms with van der Waals surface area (Å²) in [4.78, 5) is 35.6. The highest BCUT2D eigenvalue weighted by Gasteiger charge is 2.59. The predicted molar refractivity (Wildman–Crippen MR) is 92.0 cm³/mol. The van der Waals surface area contributed by atoms with E-state index in [9.17, 15) is 19.5 Å². The van der Waals surface area contributed by atoms with Gasteiger partial charge in [-0.05, 0) is 61.7 Å². The zero-order chi connectivity index (χ0) is 18.4. The van der Waals surface area contributed by atoms with Crippen LogP contribution in [0.25, 0.3) is 0 Å². The second-order valence-corrected chi connectivity index (χ2v) is 9.02.